The average Bonchev–Trinajstić information content (AvgIpc) is 2.44. The van der Waals surface area contributed by atoms with Gasteiger partial charge in [0.25, 0.3) is 0 Å². The Morgan fingerprint density at radius 2 is 2.05 bits per heavy atom. The zero-order valence-corrected chi connectivity index (χ0v) is 12.2. The molecule has 0 bridgehead atoms. The molecule has 106 valence electrons. The van der Waals surface area contributed by atoms with Crippen LogP contribution in [0, 0.1) is 0 Å². The lowest BCUT2D eigenvalue weighted by Gasteiger charge is -2.26. The molecule has 0 aliphatic carbocycles. The summed E-state index contributed by atoms with van der Waals surface area (Å²) in [5.74, 6) is 1.33. The Morgan fingerprint density at radius 1 is 1.26 bits per heavy atom. The molecular weight excluding hydrogens is 262 g/mol. The van der Waals surface area contributed by atoms with E-state index in [0.717, 1.165) is 19.6 Å². The minimum Gasteiger partial charge on any atom is -0.367 e. The summed E-state index contributed by atoms with van der Waals surface area (Å²) < 4.78 is 0. The first kappa shape index (κ1) is 14.3. The quantitative estimate of drug-likeness (QED) is 0.840. The number of piperidine rings is 1. The van der Waals surface area contributed by atoms with Gasteiger partial charge in [-0.25, -0.2) is 4.98 Å². The van der Waals surface area contributed by atoms with Crippen LogP contribution in [-0.4, -0.2) is 47.6 Å². The van der Waals surface area contributed by atoms with E-state index in [1.54, 1.807) is 6.20 Å². The molecule has 1 fully saturated rings. The van der Waals surface area contributed by atoms with Crippen LogP contribution in [0.1, 0.15) is 26.2 Å². The Bertz CT molecular complexity index is 393. The highest BCUT2D eigenvalue weighted by atomic mass is 35.5. The van der Waals surface area contributed by atoms with E-state index in [2.05, 4.69) is 25.5 Å². The van der Waals surface area contributed by atoms with Crippen molar-refractivity contribution in [2.75, 3.05) is 43.4 Å². The molecule has 0 saturated carbocycles. The molecule has 1 saturated heterocycles. The summed E-state index contributed by atoms with van der Waals surface area (Å²) in [5.41, 5.74) is 0. The standard InChI is InChI=1S/C13H22ClN5/c1-2-15-13-17-10-11(14)12(18-13)16-6-9-19-7-4-3-5-8-19/h10H,2-9H2,1H3,(H2,15,16,17,18). The second-order valence-electron chi connectivity index (χ2n) is 4.75. The molecule has 19 heavy (non-hydrogen) atoms. The fraction of sp³-hybridized carbons (Fsp3) is 0.692. The summed E-state index contributed by atoms with van der Waals surface area (Å²) in [7, 11) is 0. The van der Waals surface area contributed by atoms with E-state index in [1.165, 1.54) is 32.4 Å². The zero-order valence-electron chi connectivity index (χ0n) is 11.5. The molecule has 0 amide bonds. The van der Waals surface area contributed by atoms with Crippen LogP contribution in [0.5, 0.6) is 0 Å². The fourth-order valence-electron chi connectivity index (χ4n) is 2.25. The van der Waals surface area contributed by atoms with Gasteiger partial charge in [-0.2, -0.15) is 4.98 Å². The molecular formula is C13H22ClN5. The fourth-order valence-corrected chi connectivity index (χ4v) is 2.41. The number of likely N-dealkylation sites (tertiary alicyclic amines) is 1. The van der Waals surface area contributed by atoms with Gasteiger partial charge in [-0.1, -0.05) is 18.0 Å². The van der Waals surface area contributed by atoms with Gasteiger partial charge in [-0.15, -0.1) is 0 Å². The van der Waals surface area contributed by atoms with Crippen LogP contribution in [0.15, 0.2) is 6.20 Å². The number of aromatic nitrogens is 2. The lowest BCUT2D eigenvalue weighted by molar-refractivity contribution is 0.237. The molecule has 0 radical (unpaired) electrons. The monoisotopic (exact) mass is 283 g/mol. The van der Waals surface area contributed by atoms with E-state index in [9.17, 15) is 0 Å². The van der Waals surface area contributed by atoms with Crippen molar-refractivity contribution in [1.82, 2.24) is 14.9 Å². The lowest BCUT2D eigenvalue weighted by Crippen LogP contribution is -2.33. The smallest absolute Gasteiger partial charge is 0.224 e. The summed E-state index contributed by atoms with van der Waals surface area (Å²) in [4.78, 5) is 11.0. The maximum absolute atomic E-state index is 6.09. The normalized spacial score (nSPS) is 16.3. The minimum atomic E-state index is 0.570. The van der Waals surface area contributed by atoms with E-state index < -0.39 is 0 Å². The van der Waals surface area contributed by atoms with Crippen LogP contribution in [0.3, 0.4) is 0 Å². The van der Waals surface area contributed by atoms with E-state index in [4.69, 9.17) is 11.6 Å². The van der Waals surface area contributed by atoms with Gasteiger partial charge in [-0.05, 0) is 32.9 Å². The molecule has 2 N–H and O–H groups in total. The Labute approximate surface area is 119 Å². The van der Waals surface area contributed by atoms with Gasteiger partial charge in [-0.3, -0.25) is 0 Å². The van der Waals surface area contributed by atoms with Crippen LogP contribution in [0.4, 0.5) is 11.8 Å². The predicted octanol–water partition coefficient (Wildman–Crippen LogP) is 2.46. The molecule has 5 nitrogen and oxygen atoms in total. The van der Waals surface area contributed by atoms with E-state index in [0.29, 0.717) is 16.8 Å². The van der Waals surface area contributed by atoms with Gasteiger partial charge < -0.3 is 15.5 Å². The number of nitrogens with one attached hydrogen (secondary N) is 2. The highest BCUT2D eigenvalue weighted by Gasteiger charge is 2.10. The predicted molar refractivity (Wildman–Crippen MR) is 80.0 cm³/mol. The van der Waals surface area contributed by atoms with Gasteiger partial charge in [0.15, 0.2) is 5.82 Å². The highest BCUT2D eigenvalue weighted by Crippen LogP contribution is 2.19. The van der Waals surface area contributed by atoms with Crippen molar-refractivity contribution < 1.29 is 0 Å². The molecule has 0 atom stereocenters. The van der Waals surface area contributed by atoms with E-state index in [-0.39, 0.29) is 0 Å². The molecule has 2 rings (SSSR count). The average molecular weight is 284 g/mol. The molecule has 1 aliphatic heterocycles. The first-order valence-electron chi connectivity index (χ1n) is 7.02. The molecule has 0 spiro atoms. The number of halogens is 1. The molecule has 2 heterocycles. The van der Waals surface area contributed by atoms with Gasteiger partial charge in [0.1, 0.15) is 5.02 Å². The van der Waals surface area contributed by atoms with Crippen molar-refractivity contribution in [3.05, 3.63) is 11.2 Å². The Morgan fingerprint density at radius 3 is 2.79 bits per heavy atom. The summed E-state index contributed by atoms with van der Waals surface area (Å²) in [6, 6.07) is 0. The second-order valence-corrected chi connectivity index (χ2v) is 5.16. The molecule has 6 heteroatoms. The maximum Gasteiger partial charge on any atom is 0.224 e. The van der Waals surface area contributed by atoms with Crippen molar-refractivity contribution >= 4 is 23.4 Å². The van der Waals surface area contributed by atoms with Crippen molar-refractivity contribution in [1.29, 1.82) is 0 Å². The lowest BCUT2D eigenvalue weighted by atomic mass is 10.1. The first-order chi connectivity index (χ1) is 9.29. The SMILES string of the molecule is CCNc1ncc(Cl)c(NCCN2CCCCC2)n1. The van der Waals surface area contributed by atoms with Gasteiger partial charge in [0, 0.05) is 19.6 Å². The summed E-state index contributed by atoms with van der Waals surface area (Å²) in [6.07, 6.45) is 5.64. The topological polar surface area (TPSA) is 53.1 Å². The number of rotatable bonds is 6. The molecule has 0 aromatic carbocycles. The Kier molecular flexibility index (Phi) is 5.66. The van der Waals surface area contributed by atoms with Crippen molar-refractivity contribution in [3.8, 4) is 0 Å². The zero-order chi connectivity index (χ0) is 13.5. The van der Waals surface area contributed by atoms with Crippen LogP contribution in [0.25, 0.3) is 0 Å². The molecule has 0 unspecified atom stereocenters. The van der Waals surface area contributed by atoms with Crippen molar-refractivity contribution in [3.63, 3.8) is 0 Å². The van der Waals surface area contributed by atoms with Gasteiger partial charge in [0.2, 0.25) is 5.95 Å². The van der Waals surface area contributed by atoms with Crippen LogP contribution in [-0.2, 0) is 0 Å². The number of anilines is 2. The summed E-state index contributed by atoms with van der Waals surface area (Å²) >= 11 is 6.09. The number of nitrogens with zero attached hydrogens (tertiary/aromatic N) is 3. The van der Waals surface area contributed by atoms with E-state index >= 15 is 0 Å². The Balaban J connectivity index is 1.82. The molecule has 1 aliphatic rings. The molecule has 1 aromatic heterocycles. The first-order valence-corrected chi connectivity index (χ1v) is 7.40. The third-order valence-corrected chi connectivity index (χ3v) is 3.52. The second kappa shape index (κ2) is 7.50. The van der Waals surface area contributed by atoms with Crippen molar-refractivity contribution in [2.45, 2.75) is 26.2 Å². The largest absolute Gasteiger partial charge is 0.367 e. The maximum atomic E-state index is 6.09. The van der Waals surface area contributed by atoms with Crippen LogP contribution in [0.2, 0.25) is 5.02 Å². The van der Waals surface area contributed by atoms with Crippen LogP contribution < -0.4 is 10.6 Å². The third-order valence-electron chi connectivity index (χ3n) is 3.25. The summed E-state index contributed by atoms with van der Waals surface area (Å²) in [5, 5.41) is 6.95. The highest BCUT2D eigenvalue weighted by molar-refractivity contribution is 6.32. The molecule has 1 aromatic rings. The number of hydrogen-bond acceptors (Lipinski definition) is 5. The number of hydrogen-bond donors (Lipinski definition) is 2. The summed E-state index contributed by atoms with van der Waals surface area (Å²) in [6.45, 7) is 7.14. The van der Waals surface area contributed by atoms with Crippen molar-refractivity contribution in [2.24, 2.45) is 0 Å². The van der Waals surface area contributed by atoms with Gasteiger partial charge >= 0.3 is 0 Å². The Hall–Kier alpha value is -1.07. The third kappa shape index (κ3) is 4.51. The minimum absolute atomic E-state index is 0.570. The van der Waals surface area contributed by atoms with E-state index in [1.807, 2.05) is 6.92 Å². The van der Waals surface area contributed by atoms with Crippen LogP contribution >= 0.6 is 11.6 Å². The van der Waals surface area contributed by atoms with Gasteiger partial charge in [0.05, 0.1) is 6.20 Å².